The summed E-state index contributed by atoms with van der Waals surface area (Å²) in [7, 11) is 0. The maximum atomic E-state index is 8.93. The maximum Gasteiger partial charge on any atom is 0.125 e. The highest BCUT2D eigenvalue weighted by Crippen LogP contribution is 1.42. The molecule has 0 saturated heterocycles. The highest BCUT2D eigenvalue weighted by molar-refractivity contribution is 6.25. The Bertz CT molecular complexity index is 426. The average Bonchev–Trinajstić information content (AvgIpc) is 2.70. The van der Waals surface area contributed by atoms with E-state index in [0.29, 0.717) is 0 Å². The Morgan fingerprint density at radius 2 is 0.500 bits per heavy atom. The van der Waals surface area contributed by atoms with E-state index in [1.165, 1.54) is 0 Å². The number of carbonyl (C=O) groups is 6. The number of carboxylic acid groups (broad SMARTS) is 6. The van der Waals surface area contributed by atoms with Gasteiger partial charge in [-0.25, -0.2) is 0 Å². The number of hydrogen-bond acceptors (Lipinski definition) is 12. The standard InChI is InChI=1S/2C4H13N3.3C2H2O4.4H2O/c2*5-1-3-7-4-2-6;3*3-1(4)2(5)6;;;;/h2*7H,1-6H2;3*(H,3,4)(H,5,6);4*1H2. The Morgan fingerprint density at radius 3 is 0.556 bits per heavy atom. The lowest BCUT2D eigenvalue weighted by Gasteiger charge is -1.97. The fourth-order valence-electron chi connectivity index (χ4n) is 0.866. The van der Waals surface area contributed by atoms with Gasteiger partial charge in [0.2, 0.25) is 0 Å². The molecule has 0 spiro atoms. The molecule has 36 heavy (non-hydrogen) atoms. The van der Waals surface area contributed by atoms with E-state index in [0.717, 1.165) is 52.4 Å². The Hall–Kier alpha value is -3.58. The van der Waals surface area contributed by atoms with Crippen LogP contribution in [0.4, 0.5) is 0 Å². The monoisotopic (exact) mass is 548 g/mol. The van der Waals surface area contributed by atoms with Crippen molar-refractivity contribution in [2.75, 3.05) is 52.4 Å². The van der Waals surface area contributed by atoms with Crippen LogP contribution in [-0.2, 0) is 28.8 Å². The number of nitrogens with two attached hydrogens (primary N) is 2. The van der Waals surface area contributed by atoms with Crippen molar-refractivity contribution in [1.29, 1.82) is 0 Å². The van der Waals surface area contributed by atoms with Crippen LogP contribution in [0.15, 0.2) is 0 Å². The Kier molecular flexibility index (Phi) is 79.0. The van der Waals surface area contributed by atoms with Crippen molar-refractivity contribution in [3.63, 3.8) is 0 Å². The van der Waals surface area contributed by atoms with E-state index in [9.17, 15) is 0 Å². The first-order valence-electron chi connectivity index (χ1n) is 8.83. The molecule has 24 N–H and O–H groups in total. The molecule has 222 valence electrons. The summed E-state index contributed by atoms with van der Waals surface area (Å²) < 4.78 is 0. The Morgan fingerprint density at radius 1 is 0.389 bits per heavy atom. The molecular formula is C14H40N6O16. The van der Waals surface area contributed by atoms with Gasteiger partial charge in [0.1, 0.15) is 52.4 Å². The van der Waals surface area contributed by atoms with Gasteiger partial charge in [-0.2, -0.15) is 0 Å². The largest absolute Gasteiger partial charge is 0.543 e. The van der Waals surface area contributed by atoms with Crippen molar-refractivity contribution in [1.82, 2.24) is 0 Å². The summed E-state index contributed by atoms with van der Waals surface area (Å²) in [5.74, 6) is -13.1. The summed E-state index contributed by atoms with van der Waals surface area (Å²) in [6.45, 7) is 8.70. The first kappa shape index (κ1) is 58.4. The van der Waals surface area contributed by atoms with Crippen LogP contribution < -0.4 is 64.2 Å². The van der Waals surface area contributed by atoms with E-state index >= 15 is 0 Å². The molecule has 0 aromatic heterocycles. The van der Waals surface area contributed by atoms with Crippen molar-refractivity contribution in [3.8, 4) is 0 Å². The predicted molar refractivity (Wildman–Crippen MR) is 98.8 cm³/mol. The van der Waals surface area contributed by atoms with Crippen LogP contribution in [0, 0.1) is 0 Å². The summed E-state index contributed by atoms with van der Waals surface area (Å²) in [5.41, 5.74) is 14.8. The zero-order chi connectivity index (χ0) is 26.5. The number of rotatable bonds is 8. The highest BCUT2D eigenvalue weighted by atomic mass is 16.5. The normalized spacial score (nSPS) is 7.33. The van der Waals surface area contributed by atoms with Crippen LogP contribution in [0.1, 0.15) is 0 Å². The maximum absolute atomic E-state index is 8.93. The fraction of sp³-hybridized carbons (Fsp3) is 0.571. The second-order valence-electron chi connectivity index (χ2n) is 4.87. The second kappa shape index (κ2) is 48.8. The third kappa shape index (κ3) is 97.7. The van der Waals surface area contributed by atoms with E-state index in [1.807, 2.05) is 0 Å². The topological polar surface area (TPSA) is 511 Å². The number of carboxylic acids is 6. The number of carbonyl (C=O) groups excluding carboxylic acids is 6. The summed E-state index contributed by atoms with van der Waals surface area (Å²) in [5, 5.41) is 58.0. The molecule has 0 aliphatic heterocycles. The third-order valence-corrected chi connectivity index (χ3v) is 2.13. The number of hydrogen-bond donors (Lipinski definition) is 6. The number of quaternary nitrogens is 6. The molecular weight excluding hydrogens is 508 g/mol. The molecule has 0 unspecified atom stereocenters. The zero-order valence-electron chi connectivity index (χ0n) is 19.5. The van der Waals surface area contributed by atoms with Gasteiger partial charge in [-0.3, -0.25) is 0 Å². The smallest absolute Gasteiger partial charge is 0.125 e. The Balaban J connectivity index is -0.0000000352. The minimum absolute atomic E-state index is 0. The molecule has 0 radical (unpaired) electrons. The molecule has 0 amide bonds. The van der Waals surface area contributed by atoms with Gasteiger partial charge < -0.3 is 115 Å². The molecule has 0 bridgehead atoms. The SMILES string of the molecule is O.O.O.O.O=C([O-])C(=O)[O-].O=C([O-])C(=O)[O-].O=C([O-])C(=O)[O-].[NH3+]CC[NH2+]CC[NH3+].[NH3+]CC[NH2+]CC[NH3+]. The van der Waals surface area contributed by atoms with E-state index in [1.54, 1.807) is 0 Å². The first-order valence-corrected chi connectivity index (χ1v) is 8.83. The minimum atomic E-state index is -2.19. The van der Waals surface area contributed by atoms with Gasteiger partial charge in [0.15, 0.2) is 0 Å². The second-order valence-corrected chi connectivity index (χ2v) is 4.87. The van der Waals surface area contributed by atoms with Crippen LogP contribution in [0.2, 0.25) is 0 Å². The van der Waals surface area contributed by atoms with Crippen molar-refractivity contribution < 1.29 is 115 Å². The van der Waals surface area contributed by atoms with Crippen molar-refractivity contribution >= 4 is 35.8 Å². The van der Waals surface area contributed by atoms with Crippen LogP contribution in [0.25, 0.3) is 0 Å². The van der Waals surface area contributed by atoms with E-state index in [4.69, 9.17) is 59.4 Å². The van der Waals surface area contributed by atoms with Crippen LogP contribution in [0.3, 0.4) is 0 Å². The number of aliphatic carboxylic acids is 6. The molecule has 0 aromatic rings. The van der Waals surface area contributed by atoms with Gasteiger partial charge >= 0.3 is 0 Å². The lowest BCUT2D eigenvalue weighted by Crippen LogP contribution is -2.90. The quantitative estimate of drug-likeness (QED) is 0.121. The predicted octanol–water partition coefficient (Wildman–Crippen LogP) is -21.8. The average molecular weight is 549 g/mol. The molecule has 0 saturated carbocycles. The van der Waals surface area contributed by atoms with E-state index < -0.39 is 35.8 Å². The molecule has 0 heterocycles. The summed E-state index contributed by atoms with van der Waals surface area (Å²) in [6.07, 6.45) is 0. The molecule has 0 rings (SSSR count). The fourth-order valence-corrected chi connectivity index (χ4v) is 0.866. The van der Waals surface area contributed by atoms with Gasteiger partial charge in [-0.05, 0) is 0 Å². The molecule has 0 atom stereocenters. The van der Waals surface area contributed by atoms with Gasteiger partial charge in [-0.15, -0.1) is 0 Å². The highest BCUT2D eigenvalue weighted by Gasteiger charge is 1.85. The lowest BCUT2D eigenvalue weighted by atomic mass is 10.6. The molecule has 0 aliphatic carbocycles. The van der Waals surface area contributed by atoms with Crippen molar-refractivity contribution in [2.45, 2.75) is 0 Å². The van der Waals surface area contributed by atoms with Gasteiger partial charge in [0, 0.05) is 0 Å². The van der Waals surface area contributed by atoms with E-state index in [-0.39, 0.29) is 21.9 Å². The molecule has 0 aliphatic rings. The lowest BCUT2D eigenvalue weighted by molar-refractivity contribution is -0.683. The van der Waals surface area contributed by atoms with Crippen molar-refractivity contribution in [3.05, 3.63) is 0 Å². The summed E-state index contributed by atoms with van der Waals surface area (Å²) >= 11 is 0. The molecule has 22 nitrogen and oxygen atoms in total. The first-order chi connectivity index (χ1) is 14.8. The van der Waals surface area contributed by atoms with Gasteiger partial charge in [-0.1, -0.05) is 0 Å². The minimum Gasteiger partial charge on any atom is -0.543 e. The molecule has 22 heteroatoms. The Labute approximate surface area is 204 Å². The van der Waals surface area contributed by atoms with Crippen LogP contribution >= 0.6 is 0 Å². The molecule has 0 fully saturated rings. The van der Waals surface area contributed by atoms with Crippen molar-refractivity contribution in [2.24, 2.45) is 0 Å². The van der Waals surface area contributed by atoms with E-state index in [2.05, 4.69) is 33.6 Å². The van der Waals surface area contributed by atoms with Gasteiger partial charge in [0.05, 0.1) is 35.8 Å². The van der Waals surface area contributed by atoms with Gasteiger partial charge in [0.25, 0.3) is 0 Å². The van der Waals surface area contributed by atoms with Crippen LogP contribution in [-0.4, -0.2) is 110 Å². The zero-order valence-corrected chi connectivity index (χ0v) is 19.5. The summed E-state index contributed by atoms with van der Waals surface area (Å²) in [6, 6.07) is 0. The summed E-state index contributed by atoms with van der Waals surface area (Å²) in [4.78, 5) is 53.6. The van der Waals surface area contributed by atoms with Crippen LogP contribution in [0.5, 0.6) is 0 Å². The third-order valence-electron chi connectivity index (χ3n) is 2.13. The molecule has 0 aromatic carbocycles.